The third-order valence-corrected chi connectivity index (χ3v) is 3.85. The third-order valence-electron chi connectivity index (χ3n) is 3.85. The molecule has 0 unspecified atom stereocenters. The van der Waals surface area contributed by atoms with Gasteiger partial charge in [-0.05, 0) is 38.5 Å². The first-order valence-corrected chi connectivity index (χ1v) is 5.31. The van der Waals surface area contributed by atoms with Gasteiger partial charge in [0.2, 0.25) is 0 Å². The molecule has 0 radical (unpaired) electrons. The van der Waals surface area contributed by atoms with Crippen molar-refractivity contribution >= 4 is 0 Å². The molecule has 0 aliphatic heterocycles. The number of hydrogen-bond acceptors (Lipinski definition) is 1. The van der Waals surface area contributed by atoms with Crippen LogP contribution in [-0.4, -0.2) is 5.54 Å². The van der Waals surface area contributed by atoms with E-state index in [9.17, 15) is 0 Å². The smallest absolute Gasteiger partial charge is 0.0154 e. The van der Waals surface area contributed by atoms with E-state index in [2.05, 4.69) is 20.8 Å². The molecule has 12 heavy (non-hydrogen) atoms. The molecule has 72 valence electrons. The van der Waals surface area contributed by atoms with Crippen molar-refractivity contribution in [1.82, 2.24) is 0 Å². The Labute approximate surface area is 76.7 Å². The van der Waals surface area contributed by atoms with Crippen LogP contribution in [0.4, 0.5) is 0 Å². The molecule has 1 nitrogen and oxygen atoms in total. The lowest BCUT2D eigenvalue weighted by molar-refractivity contribution is 0.0851. The number of rotatable bonds is 2. The molecule has 1 aliphatic rings. The molecule has 1 heteroatoms. The maximum atomic E-state index is 6.26. The van der Waals surface area contributed by atoms with Crippen LogP contribution in [0.25, 0.3) is 0 Å². The van der Waals surface area contributed by atoms with Crippen molar-refractivity contribution in [2.24, 2.45) is 11.1 Å². The van der Waals surface area contributed by atoms with Gasteiger partial charge in [-0.1, -0.05) is 26.2 Å². The summed E-state index contributed by atoms with van der Waals surface area (Å²) in [7, 11) is 0. The predicted molar refractivity (Wildman–Crippen MR) is 54.1 cm³/mol. The second-order valence-electron chi connectivity index (χ2n) is 4.92. The van der Waals surface area contributed by atoms with Crippen LogP contribution in [-0.2, 0) is 0 Å². The fraction of sp³-hybridized carbons (Fsp3) is 1.00. The molecular formula is C11H23N. The van der Waals surface area contributed by atoms with E-state index in [-0.39, 0.29) is 5.54 Å². The Morgan fingerprint density at radius 3 is 1.92 bits per heavy atom. The van der Waals surface area contributed by atoms with Gasteiger partial charge in [-0.3, -0.25) is 0 Å². The highest BCUT2D eigenvalue weighted by molar-refractivity contribution is 4.97. The Kier molecular flexibility index (Phi) is 2.82. The van der Waals surface area contributed by atoms with Gasteiger partial charge in [0.1, 0.15) is 0 Å². The van der Waals surface area contributed by atoms with E-state index < -0.39 is 0 Å². The third kappa shape index (κ3) is 1.66. The molecule has 0 spiro atoms. The van der Waals surface area contributed by atoms with Crippen LogP contribution in [0.2, 0.25) is 0 Å². The van der Waals surface area contributed by atoms with Crippen molar-refractivity contribution in [2.45, 2.75) is 64.8 Å². The van der Waals surface area contributed by atoms with Crippen LogP contribution >= 0.6 is 0 Å². The highest BCUT2D eigenvalue weighted by Gasteiger charge is 2.41. The second kappa shape index (κ2) is 3.37. The fourth-order valence-electron chi connectivity index (χ4n) is 2.68. The Morgan fingerprint density at radius 2 is 1.67 bits per heavy atom. The van der Waals surface area contributed by atoms with Crippen LogP contribution in [0.5, 0.6) is 0 Å². The van der Waals surface area contributed by atoms with Crippen molar-refractivity contribution in [2.75, 3.05) is 0 Å². The summed E-state index contributed by atoms with van der Waals surface area (Å²) < 4.78 is 0. The summed E-state index contributed by atoms with van der Waals surface area (Å²) in [5, 5.41) is 0. The first-order chi connectivity index (χ1) is 5.52. The van der Waals surface area contributed by atoms with Crippen molar-refractivity contribution in [1.29, 1.82) is 0 Å². The summed E-state index contributed by atoms with van der Waals surface area (Å²) in [6.45, 7) is 6.68. The zero-order chi connectivity index (χ0) is 9.24. The summed E-state index contributed by atoms with van der Waals surface area (Å²) in [6, 6.07) is 0. The lowest BCUT2D eigenvalue weighted by Gasteiger charge is -2.47. The Hall–Kier alpha value is -0.0400. The van der Waals surface area contributed by atoms with Crippen LogP contribution in [0, 0.1) is 5.41 Å². The minimum absolute atomic E-state index is 0.0160. The van der Waals surface area contributed by atoms with E-state index in [0.29, 0.717) is 5.41 Å². The van der Waals surface area contributed by atoms with Crippen LogP contribution in [0.3, 0.4) is 0 Å². The van der Waals surface area contributed by atoms with Gasteiger partial charge in [0.25, 0.3) is 0 Å². The summed E-state index contributed by atoms with van der Waals surface area (Å²) in [4.78, 5) is 0. The Morgan fingerprint density at radius 1 is 1.17 bits per heavy atom. The minimum atomic E-state index is 0.0160. The second-order valence-corrected chi connectivity index (χ2v) is 4.92. The average molecular weight is 169 g/mol. The number of nitrogens with two attached hydrogens (primary N) is 1. The molecule has 0 aromatic carbocycles. The highest BCUT2D eigenvalue weighted by Crippen LogP contribution is 2.45. The van der Waals surface area contributed by atoms with E-state index in [1.165, 1.54) is 38.5 Å². The van der Waals surface area contributed by atoms with Crippen LogP contribution in [0.1, 0.15) is 59.3 Å². The van der Waals surface area contributed by atoms with Crippen LogP contribution < -0.4 is 5.73 Å². The fourth-order valence-corrected chi connectivity index (χ4v) is 2.68. The van der Waals surface area contributed by atoms with Gasteiger partial charge in [0.15, 0.2) is 0 Å². The quantitative estimate of drug-likeness (QED) is 0.675. The van der Waals surface area contributed by atoms with E-state index in [0.717, 1.165) is 0 Å². The zero-order valence-electron chi connectivity index (χ0n) is 8.82. The molecule has 0 aromatic heterocycles. The summed E-state index contributed by atoms with van der Waals surface area (Å²) >= 11 is 0. The Balaban J connectivity index is 2.73. The molecule has 1 fully saturated rings. The highest BCUT2D eigenvalue weighted by atomic mass is 14.8. The van der Waals surface area contributed by atoms with Gasteiger partial charge < -0.3 is 5.73 Å². The molecular weight excluding hydrogens is 146 g/mol. The lowest BCUT2D eigenvalue weighted by atomic mass is 9.62. The van der Waals surface area contributed by atoms with E-state index in [1.807, 2.05) is 0 Å². The molecule has 0 saturated heterocycles. The van der Waals surface area contributed by atoms with Gasteiger partial charge in [0.05, 0.1) is 0 Å². The Bertz CT molecular complexity index is 138. The van der Waals surface area contributed by atoms with Crippen molar-refractivity contribution < 1.29 is 0 Å². The molecule has 2 N–H and O–H groups in total. The predicted octanol–water partition coefficient (Wildman–Crippen LogP) is 3.08. The maximum Gasteiger partial charge on any atom is 0.0154 e. The molecule has 0 aromatic rings. The topological polar surface area (TPSA) is 26.0 Å². The molecule has 0 atom stereocenters. The van der Waals surface area contributed by atoms with Gasteiger partial charge in [0, 0.05) is 5.54 Å². The van der Waals surface area contributed by atoms with Gasteiger partial charge in [-0.25, -0.2) is 0 Å². The summed E-state index contributed by atoms with van der Waals surface area (Å²) in [5.41, 5.74) is 6.71. The molecule has 0 amide bonds. The molecule has 1 rings (SSSR count). The number of hydrogen-bond donors (Lipinski definition) is 1. The molecule has 0 bridgehead atoms. The minimum Gasteiger partial charge on any atom is -0.325 e. The van der Waals surface area contributed by atoms with Crippen molar-refractivity contribution in [3.8, 4) is 0 Å². The van der Waals surface area contributed by atoms with E-state index >= 15 is 0 Å². The lowest BCUT2D eigenvalue weighted by Crippen LogP contribution is -2.51. The van der Waals surface area contributed by atoms with Crippen LogP contribution in [0.15, 0.2) is 0 Å². The first-order valence-electron chi connectivity index (χ1n) is 5.31. The average Bonchev–Trinajstić information content (AvgIpc) is 2.04. The van der Waals surface area contributed by atoms with Gasteiger partial charge >= 0.3 is 0 Å². The largest absolute Gasteiger partial charge is 0.325 e. The normalized spacial score (nSPS) is 24.0. The van der Waals surface area contributed by atoms with E-state index in [4.69, 9.17) is 5.73 Å². The SMILES string of the molecule is CCC1(C(C)(C)N)CCCCC1. The van der Waals surface area contributed by atoms with E-state index in [1.54, 1.807) is 0 Å². The summed E-state index contributed by atoms with van der Waals surface area (Å²) in [6.07, 6.45) is 8.11. The zero-order valence-corrected chi connectivity index (χ0v) is 8.82. The van der Waals surface area contributed by atoms with Crippen molar-refractivity contribution in [3.05, 3.63) is 0 Å². The monoisotopic (exact) mass is 169 g/mol. The standard InChI is InChI=1S/C11H23N/c1-4-11(10(2,3)12)8-6-5-7-9-11/h4-9,12H2,1-3H3. The molecule has 0 heterocycles. The molecule has 1 saturated carbocycles. The maximum absolute atomic E-state index is 6.26. The van der Waals surface area contributed by atoms with Crippen molar-refractivity contribution in [3.63, 3.8) is 0 Å². The molecule has 1 aliphatic carbocycles. The first kappa shape index (κ1) is 10.0. The van der Waals surface area contributed by atoms with Gasteiger partial charge in [-0.15, -0.1) is 0 Å². The van der Waals surface area contributed by atoms with Gasteiger partial charge in [-0.2, -0.15) is 0 Å². The summed E-state index contributed by atoms with van der Waals surface area (Å²) in [5.74, 6) is 0.